The highest BCUT2D eigenvalue weighted by Gasteiger charge is 2.36. The van der Waals surface area contributed by atoms with Crippen LogP contribution in [0.15, 0.2) is 51.6 Å². The number of nitrogens with zero attached hydrogens (tertiary/aromatic N) is 3. The summed E-state index contributed by atoms with van der Waals surface area (Å²) in [5.41, 5.74) is 0.544. The first-order valence-corrected chi connectivity index (χ1v) is 7.38. The molecule has 0 saturated carbocycles. The van der Waals surface area contributed by atoms with Crippen LogP contribution in [0, 0.1) is 5.82 Å². The standard InChI is InChI=1S/C16H13FN4O3/c17-11-3-5-12(6-4-11)18-16(22)21-8-10(9-21)15-19-14(20-24-15)13-2-1-7-23-13/h1-7,10H,8-9H2,(H,18,22). The van der Waals surface area contributed by atoms with Crippen molar-refractivity contribution in [2.45, 2.75) is 5.92 Å². The number of benzene rings is 1. The van der Waals surface area contributed by atoms with Crippen molar-refractivity contribution in [3.8, 4) is 11.6 Å². The van der Waals surface area contributed by atoms with Gasteiger partial charge in [0.15, 0.2) is 5.76 Å². The van der Waals surface area contributed by atoms with Gasteiger partial charge in [-0.1, -0.05) is 5.16 Å². The van der Waals surface area contributed by atoms with E-state index in [0.29, 0.717) is 36.3 Å². The van der Waals surface area contributed by atoms with Crippen LogP contribution in [-0.4, -0.2) is 34.2 Å². The zero-order chi connectivity index (χ0) is 16.5. The number of likely N-dealkylation sites (tertiary alicyclic amines) is 1. The minimum Gasteiger partial charge on any atom is -0.461 e. The van der Waals surface area contributed by atoms with Crippen LogP contribution >= 0.6 is 0 Å². The van der Waals surface area contributed by atoms with Gasteiger partial charge in [-0.25, -0.2) is 9.18 Å². The smallest absolute Gasteiger partial charge is 0.321 e. The van der Waals surface area contributed by atoms with Gasteiger partial charge in [-0.2, -0.15) is 4.98 Å². The lowest BCUT2D eigenvalue weighted by molar-refractivity contribution is 0.147. The van der Waals surface area contributed by atoms with E-state index < -0.39 is 0 Å². The number of hydrogen-bond donors (Lipinski definition) is 1. The Morgan fingerprint density at radius 1 is 1.25 bits per heavy atom. The molecule has 3 heterocycles. The maximum atomic E-state index is 12.8. The number of amides is 2. The van der Waals surface area contributed by atoms with Crippen LogP contribution in [-0.2, 0) is 0 Å². The third kappa shape index (κ3) is 2.73. The summed E-state index contributed by atoms with van der Waals surface area (Å²) in [6.07, 6.45) is 1.54. The second-order valence-electron chi connectivity index (χ2n) is 5.47. The highest BCUT2D eigenvalue weighted by molar-refractivity contribution is 5.89. The second kappa shape index (κ2) is 5.80. The number of aromatic nitrogens is 2. The lowest BCUT2D eigenvalue weighted by atomic mass is 10.0. The molecule has 2 amide bonds. The van der Waals surface area contributed by atoms with Gasteiger partial charge in [0.1, 0.15) is 5.82 Å². The Bertz CT molecular complexity index is 839. The Morgan fingerprint density at radius 3 is 2.75 bits per heavy atom. The van der Waals surface area contributed by atoms with Crippen LogP contribution in [0.3, 0.4) is 0 Å². The normalized spacial score (nSPS) is 14.5. The molecule has 1 fully saturated rings. The third-order valence-electron chi connectivity index (χ3n) is 3.80. The molecule has 0 spiro atoms. The predicted molar refractivity (Wildman–Crippen MR) is 81.7 cm³/mol. The van der Waals surface area contributed by atoms with E-state index in [1.165, 1.54) is 30.5 Å². The van der Waals surface area contributed by atoms with Gasteiger partial charge in [-0.05, 0) is 36.4 Å². The van der Waals surface area contributed by atoms with Gasteiger partial charge in [0, 0.05) is 18.8 Å². The Labute approximate surface area is 136 Å². The van der Waals surface area contributed by atoms with Crippen molar-refractivity contribution in [3.63, 3.8) is 0 Å². The molecule has 0 radical (unpaired) electrons. The van der Waals surface area contributed by atoms with Crippen molar-refractivity contribution in [2.75, 3.05) is 18.4 Å². The largest absolute Gasteiger partial charge is 0.461 e. The Kier molecular flexibility index (Phi) is 3.49. The Balaban J connectivity index is 1.34. The number of rotatable bonds is 3. The van der Waals surface area contributed by atoms with Crippen LogP contribution in [0.4, 0.5) is 14.9 Å². The topological polar surface area (TPSA) is 84.4 Å². The summed E-state index contributed by atoms with van der Waals surface area (Å²) in [7, 11) is 0. The van der Waals surface area contributed by atoms with E-state index in [4.69, 9.17) is 8.94 Å². The predicted octanol–water partition coefficient (Wildman–Crippen LogP) is 3.10. The number of carbonyl (C=O) groups is 1. The summed E-state index contributed by atoms with van der Waals surface area (Å²) < 4.78 is 23.3. The molecule has 8 heteroatoms. The van der Waals surface area contributed by atoms with E-state index in [-0.39, 0.29) is 17.8 Å². The molecule has 1 aliphatic rings. The molecule has 2 aromatic heterocycles. The van der Waals surface area contributed by atoms with Crippen LogP contribution in [0.2, 0.25) is 0 Å². The monoisotopic (exact) mass is 328 g/mol. The minimum atomic E-state index is -0.347. The van der Waals surface area contributed by atoms with Crippen molar-refractivity contribution < 1.29 is 18.1 Å². The number of nitrogens with one attached hydrogen (secondary N) is 1. The van der Waals surface area contributed by atoms with E-state index >= 15 is 0 Å². The number of hydrogen-bond acceptors (Lipinski definition) is 5. The molecule has 1 N–H and O–H groups in total. The molecule has 0 aliphatic carbocycles. The summed E-state index contributed by atoms with van der Waals surface area (Å²) in [4.78, 5) is 18.0. The summed E-state index contributed by atoms with van der Waals surface area (Å²) in [6.45, 7) is 0.958. The average Bonchev–Trinajstić information content (AvgIpc) is 3.19. The number of urea groups is 1. The summed E-state index contributed by atoms with van der Waals surface area (Å²) in [5, 5.41) is 6.58. The molecule has 1 aliphatic heterocycles. The first-order valence-electron chi connectivity index (χ1n) is 7.38. The average molecular weight is 328 g/mol. The number of halogens is 1. The lowest BCUT2D eigenvalue weighted by Gasteiger charge is -2.36. The van der Waals surface area contributed by atoms with E-state index in [1.807, 2.05) is 0 Å². The van der Waals surface area contributed by atoms with Crippen LogP contribution in [0.25, 0.3) is 11.6 Å². The summed E-state index contributed by atoms with van der Waals surface area (Å²) in [5.74, 6) is 1.06. The fraction of sp³-hybridized carbons (Fsp3) is 0.188. The Morgan fingerprint density at radius 2 is 2.04 bits per heavy atom. The number of furan rings is 1. The highest BCUT2D eigenvalue weighted by atomic mass is 19.1. The number of carbonyl (C=O) groups excluding carboxylic acids is 1. The zero-order valence-corrected chi connectivity index (χ0v) is 12.5. The fourth-order valence-corrected chi connectivity index (χ4v) is 2.44. The molecule has 122 valence electrons. The van der Waals surface area contributed by atoms with Crippen molar-refractivity contribution in [3.05, 3.63) is 54.4 Å². The van der Waals surface area contributed by atoms with Gasteiger partial charge < -0.3 is 19.2 Å². The van der Waals surface area contributed by atoms with Crippen LogP contribution in [0.1, 0.15) is 11.8 Å². The molecule has 24 heavy (non-hydrogen) atoms. The van der Waals surface area contributed by atoms with E-state index in [2.05, 4.69) is 15.5 Å². The maximum absolute atomic E-state index is 12.8. The van der Waals surface area contributed by atoms with Crippen molar-refractivity contribution in [1.82, 2.24) is 15.0 Å². The van der Waals surface area contributed by atoms with Gasteiger partial charge in [0.25, 0.3) is 0 Å². The molecular formula is C16H13FN4O3. The molecule has 1 aromatic carbocycles. The highest BCUT2D eigenvalue weighted by Crippen LogP contribution is 2.28. The van der Waals surface area contributed by atoms with Crippen LogP contribution in [0.5, 0.6) is 0 Å². The quantitative estimate of drug-likeness (QED) is 0.798. The molecule has 7 nitrogen and oxygen atoms in total. The summed E-state index contributed by atoms with van der Waals surface area (Å²) >= 11 is 0. The van der Waals surface area contributed by atoms with Gasteiger partial charge in [0.05, 0.1) is 12.2 Å². The number of anilines is 1. The van der Waals surface area contributed by atoms with Crippen molar-refractivity contribution in [2.24, 2.45) is 0 Å². The molecular weight excluding hydrogens is 315 g/mol. The molecule has 0 bridgehead atoms. The lowest BCUT2D eigenvalue weighted by Crippen LogP contribution is -2.50. The first-order chi connectivity index (χ1) is 11.7. The van der Waals surface area contributed by atoms with Gasteiger partial charge in [0.2, 0.25) is 11.7 Å². The minimum absolute atomic E-state index is 0.000167. The zero-order valence-electron chi connectivity index (χ0n) is 12.5. The molecule has 3 aromatic rings. The van der Waals surface area contributed by atoms with E-state index in [0.717, 1.165) is 0 Å². The van der Waals surface area contributed by atoms with Crippen molar-refractivity contribution >= 4 is 11.7 Å². The van der Waals surface area contributed by atoms with Crippen LogP contribution < -0.4 is 5.32 Å². The molecule has 0 unspecified atom stereocenters. The Hall–Kier alpha value is -3.16. The van der Waals surface area contributed by atoms with E-state index in [1.54, 1.807) is 17.0 Å². The maximum Gasteiger partial charge on any atom is 0.321 e. The SMILES string of the molecule is O=C(Nc1ccc(F)cc1)N1CC(c2nc(-c3ccco3)no2)C1. The summed E-state index contributed by atoms with van der Waals surface area (Å²) in [6, 6.07) is 8.86. The molecule has 0 atom stereocenters. The van der Waals surface area contributed by atoms with Gasteiger partial charge in [-0.3, -0.25) is 0 Å². The van der Waals surface area contributed by atoms with E-state index in [9.17, 15) is 9.18 Å². The fourth-order valence-electron chi connectivity index (χ4n) is 2.44. The molecule has 1 saturated heterocycles. The third-order valence-corrected chi connectivity index (χ3v) is 3.80. The van der Waals surface area contributed by atoms with Crippen molar-refractivity contribution in [1.29, 1.82) is 0 Å². The second-order valence-corrected chi connectivity index (χ2v) is 5.47. The molecule has 4 rings (SSSR count). The van der Waals surface area contributed by atoms with Gasteiger partial charge >= 0.3 is 6.03 Å². The van der Waals surface area contributed by atoms with Gasteiger partial charge in [-0.15, -0.1) is 0 Å². The first kappa shape index (κ1) is 14.4.